The number of hydrogen-bond acceptors (Lipinski definition) is 3. The van der Waals surface area contributed by atoms with Crippen LogP contribution in [0.2, 0.25) is 0 Å². The number of azide groups is 1. The topological polar surface area (TPSA) is 74.0 Å². The molecule has 1 unspecified atom stereocenters. The molecule has 1 saturated carbocycles. The molecule has 1 aliphatic heterocycles. The van der Waals surface area contributed by atoms with E-state index in [2.05, 4.69) is 10.0 Å². The highest BCUT2D eigenvalue weighted by molar-refractivity contribution is 5.53. The zero-order valence-corrected chi connectivity index (χ0v) is 11.7. The summed E-state index contributed by atoms with van der Waals surface area (Å²) in [5.74, 6) is 0.685. The molecular formula is C14H19N5O. The molecule has 0 amide bonds. The number of aryl methyl sites for hydroxylation is 1. The van der Waals surface area contributed by atoms with Crippen LogP contribution in [0.3, 0.4) is 0 Å². The molecular weight excluding hydrogens is 254 g/mol. The number of hydrogen-bond donors (Lipinski definition) is 0. The summed E-state index contributed by atoms with van der Waals surface area (Å²) in [5.41, 5.74) is 10.8. The molecule has 0 aromatic carbocycles. The van der Waals surface area contributed by atoms with E-state index < -0.39 is 0 Å². The number of likely N-dealkylation sites (N-methyl/N-ethyl adjacent to an activating group) is 1. The summed E-state index contributed by atoms with van der Waals surface area (Å²) in [6.07, 6.45) is 6.17. The van der Waals surface area contributed by atoms with Gasteiger partial charge in [-0.1, -0.05) is 5.11 Å². The molecule has 3 rings (SSSR count). The second kappa shape index (κ2) is 5.21. The van der Waals surface area contributed by atoms with Crippen LogP contribution in [0, 0.1) is 5.92 Å². The van der Waals surface area contributed by atoms with Gasteiger partial charge in [0.1, 0.15) is 0 Å². The highest BCUT2D eigenvalue weighted by atomic mass is 16.1. The summed E-state index contributed by atoms with van der Waals surface area (Å²) >= 11 is 0. The van der Waals surface area contributed by atoms with Crippen LogP contribution < -0.4 is 10.5 Å². The SMILES string of the molecule is CN1CC(N=[N+]=[N-])CCc2cn(CC3CC3)c(=O)cc21. The Kier molecular flexibility index (Phi) is 3.40. The molecule has 0 radical (unpaired) electrons. The van der Waals surface area contributed by atoms with E-state index in [0.717, 1.165) is 25.1 Å². The molecule has 6 heteroatoms. The smallest absolute Gasteiger partial charge is 0.252 e. The summed E-state index contributed by atoms with van der Waals surface area (Å²) in [4.78, 5) is 17.1. The van der Waals surface area contributed by atoms with Crippen molar-refractivity contribution in [3.8, 4) is 0 Å². The van der Waals surface area contributed by atoms with E-state index in [1.165, 1.54) is 18.4 Å². The average molecular weight is 273 g/mol. The van der Waals surface area contributed by atoms with Crippen molar-refractivity contribution in [2.45, 2.75) is 38.3 Å². The average Bonchev–Trinajstić information content (AvgIpc) is 3.23. The van der Waals surface area contributed by atoms with Crippen LogP contribution in [0.25, 0.3) is 10.4 Å². The predicted molar refractivity (Wildman–Crippen MR) is 78.0 cm³/mol. The number of pyridine rings is 1. The van der Waals surface area contributed by atoms with Gasteiger partial charge >= 0.3 is 0 Å². The van der Waals surface area contributed by atoms with E-state index in [1.807, 2.05) is 22.7 Å². The van der Waals surface area contributed by atoms with Crippen LogP contribution in [-0.2, 0) is 13.0 Å². The number of nitrogens with zero attached hydrogens (tertiary/aromatic N) is 5. The lowest BCUT2D eigenvalue weighted by atomic mass is 10.1. The van der Waals surface area contributed by atoms with Crippen molar-refractivity contribution in [1.82, 2.24) is 4.57 Å². The van der Waals surface area contributed by atoms with E-state index in [1.54, 1.807) is 6.07 Å². The summed E-state index contributed by atoms with van der Waals surface area (Å²) < 4.78 is 1.85. The van der Waals surface area contributed by atoms with E-state index in [9.17, 15) is 4.79 Å². The minimum absolute atomic E-state index is 0.0237. The Labute approximate surface area is 117 Å². The molecule has 1 aromatic rings. The molecule has 20 heavy (non-hydrogen) atoms. The first-order chi connectivity index (χ1) is 9.67. The van der Waals surface area contributed by atoms with Gasteiger partial charge < -0.3 is 9.47 Å². The van der Waals surface area contributed by atoms with Gasteiger partial charge in [-0.05, 0) is 42.7 Å². The standard InChI is InChI=1S/C14H19N5O/c1-18-9-12(16-17-15)5-4-11-8-19(7-10-2-3-10)14(20)6-13(11)18/h6,8,10,12H,2-5,7,9H2,1H3. The molecule has 1 aromatic heterocycles. The normalized spacial score (nSPS) is 21.9. The molecule has 2 heterocycles. The van der Waals surface area contributed by atoms with Gasteiger partial charge in [-0.15, -0.1) is 0 Å². The molecule has 0 spiro atoms. The van der Waals surface area contributed by atoms with Crippen molar-refractivity contribution in [3.63, 3.8) is 0 Å². The van der Waals surface area contributed by atoms with Gasteiger partial charge in [0.15, 0.2) is 0 Å². The number of aromatic nitrogens is 1. The third kappa shape index (κ3) is 2.65. The van der Waals surface area contributed by atoms with Crippen molar-refractivity contribution in [2.24, 2.45) is 11.0 Å². The molecule has 2 aliphatic rings. The van der Waals surface area contributed by atoms with E-state index in [0.29, 0.717) is 12.5 Å². The first-order valence-electron chi connectivity index (χ1n) is 7.16. The van der Waals surface area contributed by atoms with Gasteiger partial charge in [0.25, 0.3) is 5.56 Å². The van der Waals surface area contributed by atoms with E-state index in [4.69, 9.17) is 5.53 Å². The third-order valence-electron chi connectivity index (χ3n) is 4.19. The lowest BCUT2D eigenvalue weighted by molar-refractivity contribution is 0.599. The maximum absolute atomic E-state index is 12.2. The van der Waals surface area contributed by atoms with Crippen molar-refractivity contribution in [3.05, 3.63) is 38.6 Å². The van der Waals surface area contributed by atoms with Gasteiger partial charge in [0.2, 0.25) is 0 Å². The van der Waals surface area contributed by atoms with Crippen molar-refractivity contribution >= 4 is 5.69 Å². The molecule has 0 N–H and O–H groups in total. The van der Waals surface area contributed by atoms with Crippen LogP contribution in [0.5, 0.6) is 0 Å². The Morgan fingerprint density at radius 2 is 2.25 bits per heavy atom. The van der Waals surface area contributed by atoms with Crippen LogP contribution in [0.1, 0.15) is 24.8 Å². The predicted octanol–water partition coefficient (Wildman–Crippen LogP) is 2.32. The Hall–Kier alpha value is -1.94. The molecule has 1 fully saturated rings. The number of anilines is 1. The molecule has 6 nitrogen and oxygen atoms in total. The van der Waals surface area contributed by atoms with Crippen molar-refractivity contribution in [1.29, 1.82) is 0 Å². The van der Waals surface area contributed by atoms with Crippen LogP contribution >= 0.6 is 0 Å². The van der Waals surface area contributed by atoms with Crippen LogP contribution in [0.4, 0.5) is 5.69 Å². The Balaban J connectivity index is 1.91. The lowest BCUT2D eigenvalue weighted by Gasteiger charge is -2.21. The molecule has 1 aliphatic carbocycles. The fourth-order valence-corrected chi connectivity index (χ4v) is 2.87. The summed E-state index contributed by atoms with van der Waals surface area (Å²) in [6, 6.07) is 1.71. The van der Waals surface area contributed by atoms with Crippen LogP contribution in [0.15, 0.2) is 22.2 Å². The van der Waals surface area contributed by atoms with Crippen molar-refractivity contribution < 1.29 is 0 Å². The second-order valence-corrected chi connectivity index (χ2v) is 5.90. The fourth-order valence-electron chi connectivity index (χ4n) is 2.87. The van der Waals surface area contributed by atoms with Gasteiger partial charge in [-0.25, -0.2) is 0 Å². The number of fused-ring (bicyclic) bond motifs is 1. The third-order valence-corrected chi connectivity index (χ3v) is 4.19. The molecule has 106 valence electrons. The quantitative estimate of drug-likeness (QED) is 0.481. The minimum Gasteiger partial charge on any atom is -0.374 e. The molecule has 0 saturated heterocycles. The van der Waals surface area contributed by atoms with Crippen LogP contribution in [-0.4, -0.2) is 24.2 Å². The Morgan fingerprint density at radius 1 is 1.45 bits per heavy atom. The highest BCUT2D eigenvalue weighted by Gasteiger charge is 2.24. The zero-order valence-electron chi connectivity index (χ0n) is 11.7. The number of rotatable bonds is 3. The summed E-state index contributed by atoms with van der Waals surface area (Å²) in [6.45, 7) is 1.51. The summed E-state index contributed by atoms with van der Waals surface area (Å²) in [5, 5.41) is 3.83. The lowest BCUT2D eigenvalue weighted by Crippen LogP contribution is -2.28. The van der Waals surface area contributed by atoms with Gasteiger partial charge in [0, 0.05) is 43.0 Å². The Morgan fingerprint density at radius 3 is 2.95 bits per heavy atom. The maximum atomic E-state index is 12.2. The first kappa shape index (κ1) is 13.1. The van der Waals surface area contributed by atoms with E-state index >= 15 is 0 Å². The highest BCUT2D eigenvalue weighted by Crippen LogP contribution is 2.31. The first-order valence-corrected chi connectivity index (χ1v) is 7.16. The van der Waals surface area contributed by atoms with Gasteiger partial charge in [-0.3, -0.25) is 4.79 Å². The van der Waals surface area contributed by atoms with Gasteiger partial charge in [-0.2, -0.15) is 0 Å². The Bertz CT molecular complexity index is 612. The molecule has 0 bridgehead atoms. The maximum Gasteiger partial charge on any atom is 0.252 e. The minimum atomic E-state index is -0.0237. The van der Waals surface area contributed by atoms with Crippen molar-refractivity contribution in [2.75, 3.05) is 18.5 Å². The second-order valence-electron chi connectivity index (χ2n) is 5.90. The van der Waals surface area contributed by atoms with Gasteiger partial charge in [0.05, 0.1) is 6.04 Å². The van der Waals surface area contributed by atoms with E-state index in [-0.39, 0.29) is 11.6 Å². The molecule has 1 atom stereocenters. The monoisotopic (exact) mass is 273 g/mol. The zero-order chi connectivity index (χ0) is 14.1. The largest absolute Gasteiger partial charge is 0.374 e. The summed E-state index contributed by atoms with van der Waals surface area (Å²) in [7, 11) is 1.95. The fraction of sp³-hybridized carbons (Fsp3) is 0.643.